The van der Waals surface area contributed by atoms with Crippen molar-refractivity contribution in [3.8, 4) is 0 Å². The average molecular weight is 266 g/mol. The van der Waals surface area contributed by atoms with Gasteiger partial charge in [0.05, 0.1) is 7.11 Å². The van der Waals surface area contributed by atoms with E-state index in [4.69, 9.17) is 4.74 Å². The van der Waals surface area contributed by atoms with Crippen LogP contribution >= 0.6 is 0 Å². The molecule has 1 heterocycles. The molecule has 0 saturated heterocycles. The fourth-order valence-electron chi connectivity index (χ4n) is 1.69. The first-order valence-electron chi connectivity index (χ1n) is 6.48. The van der Waals surface area contributed by atoms with Crippen molar-refractivity contribution in [2.75, 3.05) is 24.3 Å². The number of aromatic nitrogens is 2. The molecule has 19 heavy (non-hydrogen) atoms. The molecule has 0 fully saturated rings. The molecular formula is C13H22N4O2. The Balaban J connectivity index is 2.77. The number of nitrogens with zero attached hydrogens (tertiary/aromatic N) is 2. The van der Waals surface area contributed by atoms with E-state index in [1.165, 1.54) is 7.11 Å². The summed E-state index contributed by atoms with van der Waals surface area (Å²) < 4.78 is 4.80. The minimum Gasteiger partial charge on any atom is -0.467 e. The van der Waals surface area contributed by atoms with Gasteiger partial charge in [0.15, 0.2) is 0 Å². The van der Waals surface area contributed by atoms with Crippen LogP contribution in [0.1, 0.15) is 27.2 Å². The van der Waals surface area contributed by atoms with Crippen LogP contribution in [-0.4, -0.2) is 35.6 Å². The van der Waals surface area contributed by atoms with E-state index in [0.29, 0.717) is 24.1 Å². The quantitative estimate of drug-likeness (QED) is 0.734. The van der Waals surface area contributed by atoms with Gasteiger partial charge >= 0.3 is 5.97 Å². The Bertz CT molecular complexity index is 409. The molecule has 1 unspecified atom stereocenters. The molecule has 0 aromatic carbocycles. The Hall–Kier alpha value is -1.85. The van der Waals surface area contributed by atoms with E-state index in [9.17, 15) is 4.79 Å². The third-order valence-corrected chi connectivity index (χ3v) is 2.51. The van der Waals surface area contributed by atoms with E-state index in [2.05, 4.69) is 34.4 Å². The van der Waals surface area contributed by atoms with Crippen LogP contribution in [0.15, 0.2) is 12.3 Å². The largest absolute Gasteiger partial charge is 0.467 e. The van der Waals surface area contributed by atoms with Crippen molar-refractivity contribution in [3.05, 3.63) is 12.3 Å². The molecule has 0 bridgehead atoms. The Labute approximate surface area is 114 Å². The van der Waals surface area contributed by atoms with Gasteiger partial charge in [-0.15, -0.1) is 0 Å². The fourth-order valence-corrected chi connectivity index (χ4v) is 1.69. The van der Waals surface area contributed by atoms with E-state index in [0.717, 1.165) is 6.54 Å². The van der Waals surface area contributed by atoms with Crippen molar-refractivity contribution in [2.45, 2.75) is 33.2 Å². The van der Waals surface area contributed by atoms with Crippen molar-refractivity contribution in [3.63, 3.8) is 0 Å². The second-order valence-corrected chi connectivity index (χ2v) is 4.65. The molecule has 1 atom stereocenters. The second kappa shape index (κ2) is 7.56. The van der Waals surface area contributed by atoms with Gasteiger partial charge in [-0.2, -0.15) is 4.98 Å². The minimum absolute atomic E-state index is 0.280. The Kier molecular flexibility index (Phi) is 6.05. The van der Waals surface area contributed by atoms with Crippen molar-refractivity contribution in [2.24, 2.45) is 5.92 Å². The molecule has 2 N–H and O–H groups in total. The predicted octanol–water partition coefficient (Wildman–Crippen LogP) is 1.91. The van der Waals surface area contributed by atoms with Crippen molar-refractivity contribution >= 4 is 17.7 Å². The zero-order chi connectivity index (χ0) is 14.3. The van der Waals surface area contributed by atoms with Gasteiger partial charge < -0.3 is 15.4 Å². The molecule has 0 radical (unpaired) electrons. The van der Waals surface area contributed by atoms with Crippen LogP contribution in [0.3, 0.4) is 0 Å². The third kappa shape index (κ3) is 5.11. The maximum Gasteiger partial charge on any atom is 0.328 e. The lowest BCUT2D eigenvalue weighted by Crippen LogP contribution is -2.32. The number of hydrogen-bond donors (Lipinski definition) is 2. The van der Waals surface area contributed by atoms with E-state index in [1.54, 1.807) is 12.3 Å². The summed E-state index contributed by atoms with van der Waals surface area (Å²) in [6.45, 7) is 6.83. The first-order valence-corrected chi connectivity index (χ1v) is 6.48. The first-order chi connectivity index (χ1) is 9.06. The highest BCUT2D eigenvalue weighted by atomic mass is 16.5. The molecule has 0 aliphatic carbocycles. The molecule has 0 aliphatic heterocycles. The highest BCUT2D eigenvalue weighted by Gasteiger charge is 2.20. The van der Waals surface area contributed by atoms with Crippen LogP contribution < -0.4 is 10.6 Å². The van der Waals surface area contributed by atoms with E-state index < -0.39 is 6.04 Å². The summed E-state index contributed by atoms with van der Waals surface area (Å²) in [6, 6.07) is 1.34. The zero-order valence-electron chi connectivity index (χ0n) is 11.9. The monoisotopic (exact) mass is 266 g/mol. The Morgan fingerprint density at radius 1 is 1.47 bits per heavy atom. The predicted molar refractivity (Wildman–Crippen MR) is 75.1 cm³/mol. The molecule has 0 aliphatic rings. The van der Waals surface area contributed by atoms with Gasteiger partial charge in [-0.1, -0.05) is 13.8 Å². The SMILES string of the molecule is CCNc1nccc(NC(CC(C)C)C(=O)OC)n1. The van der Waals surface area contributed by atoms with Crippen LogP contribution in [0.25, 0.3) is 0 Å². The molecule has 0 saturated carbocycles. The first kappa shape index (κ1) is 15.2. The third-order valence-electron chi connectivity index (χ3n) is 2.51. The summed E-state index contributed by atoms with van der Waals surface area (Å²) in [5.74, 6) is 1.26. The number of hydrogen-bond acceptors (Lipinski definition) is 6. The molecule has 1 rings (SSSR count). The maximum atomic E-state index is 11.7. The van der Waals surface area contributed by atoms with Crippen molar-refractivity contribution in [1.82, 2.24) is 9.97 Å². The molecule has 6 heteroatoms. The summed E-state index contributed by atoms with van der Waals surface area (Å²) in [4.78, 5) is 20.1. The van der Waals surface area contributed by atoms with Crippen LogP contribution in [0, 0.1) is 5.92 Å². The van der Waals surface area contributed by atoms with Crippen LogP contribution in [0.5, 0.6) is 0 Å². The standard InChI is InChI=1S/C13H22N4O2/c1-5-14-13-15-7-6-11(17-13)16-10(8-9(2)3)12(18)19-4/h6-7,9-10H,5,8H2,1-4H3,(H2,14,15,16,17). The Morgan fingerprint density at radius 3 is 2.79 bits per heavy atom. The number of ether oxygens (including phenoxy) is 1. The highest BCUT2D eigenvalue weighted by molar-refractivity contribution is 5.78. The van der Waals surface area contributed by atoms with Crippen LogP contribution in [-0.2, 0) is 9.53 Å². The van der Waals surface area contributed by atoms with Gasteiger partial charge in [0, 0.05) is 12.7 Å². The van der Waals surface area contributed by atoms with Crippen molar-refractivity contribution < 1.29 is 9.53 Å². The maximum absolute atomic E-state index is 11.7. The van der Waals surface area contributed by atoms with Gasteiger partial charge in [0.25, 0.3) is 0 Å². The van der Waals surface area contributed by atoms with E-state index >= 15 is 0 Å². The number of carbonyl (C=O) groups is 1. The van der Waals surface area contributed by atoms with Gasteiger partial charge in [-0.25, -0.2) is 9.78 Å². The van der Waals surface area contributed by atoms with E-state index in [1.807, 2.05) is 6.92 Å². The highest BCUT2D eigenvalue weighted by Crippen LogP contribution is 2.13. The number of rotatable bonds is 7. The number of nitrogens with one attached hydrogen (secondary N) is 2. The lowest BCUT2D eigenvalue weighted by atomic mass is 10.0. The zero-order valence-corrected chi connectivity index (χ0v) is 11.9. The lowest BCUT2D eigenvalue weighted by Gasteiger charge is -2.18. The van der Waals surface area contributed by atoms with Gasteiger partial charge in [0.2, 0.25) is 5.95 Å². The smallest absolute Gasteiger partial charge is 0.328 e. The molecule has 1 aromatic heterocycles. The number of anilines is 2. The van der Waals surface area contributed by atoms with Crippen LogP contribution in [0.2, 0.25) is 0 Å². The van der Waals surface area contributed by atoms with Gasteiger partial charge in [-0.05, 0) is 25.3 Å². The summed E-state index contributed by atoms with van der Waals surface area (Å²) in [7, 11) is 1.39. The second-order valence-electron chi connectivity index (χ2n) is 4.65. The summed E-state index contributed by atoms with van der Waals surface area (Å²) in [6.07, 6.45) is 2.34. The molecule has 1 aromatic rings. The normalized spacial score (nSPS) is 12.1. The van der Waals surface area contributed by atoms with Crippen molar-refractivity contribution in [1.29, 1.82) is 0 Å². The van der Waals surface area contributed by atoms with E-state index in [-0.39, 0.29) is 5.97 Å². The molecular weight excluding hydrogens is 244 g/mol. The number of esters is 1. The number of carbonyl (C=O) groups excluding carboxylic acids is 1. The lowest BCUT2D eigenvalue weighted by molar-refractivity contribution is -0.141. The average Bonchev–Trinajstić information content (AvgIpc) is 2.37. The van der Waals surface area contributed by atoms with Gasteiger partial charge in [0.1, 0.15) is 11.9 Å². The fraction of sp³-hybridized carbons (Fsp3) is 0.615. The minimum atomic E-state index is -0.394. The molecule has 0 spiro atoms. The summed E-state index contributed by atoms with van der Waals surface area (Å²) in [5, 5.41) is 6.12. The molecule has 106 valence electrons. The van der Waals surface area contributed by atoms with Gasteiger partial charge in [-0.3, -0.25) is 0 Å². The Morgan fingerprint density at radius 2 is 2.21 bits per heavy atom. The summed E-state index contributed by atoms with van der Waals surface area (Å²) >= 11 is 0. The summed E-state index contributed by atoms with van der Waals surface area (Å²) in [5.41, 5.74) is 0. The molecule has 6 nitrogen and oxygen atoms in total. The topological polar surface area (TPSA) is 76.1 Å². The van der Waals surface area contributed by atoms with Crippen LogP contribution in [0.4, 0.5) is 11.8 Å². The number of methoxy groups -OCH3 is 1. The molecule has 0 amide bonds.